The third-order valence-electron chi connectivity index (χ3n) is 2.62. The minimum Gasteiger partial charge on any atom is -0.456 e. The van der Waals surface area contributed by atoms with Crippen molar-refractivity contribution in [2.45, 2.75) is 13.5 Å². The highest BCUT2D eigenvalue weighted by atomic mass is 79.9. The lowest BCUT2D eigenvalue weighted by atomic mass is 10.1. The number of hydrogen-bond donors (Lipinski definition) is 1. The zero-order chi connectivity index (χ0) is 13.8. The Bertz CT molecular complexity index is 597. The quantitative estimate of drug-likeness (QED) is 0.697. The normalized spacial score (nSPS) is 10.2. The second-order valence-corrected chi connectivity index (χ2v) is 5.03. The van der Waals surface area contributed by atoms with E-state index in [1.165, 1.54) is 0 Å². The number of hydrogen-bond acceptors (Lipinski definition) is 4. The largest absolute Gasteiger partial charge is 0.456 e. The van der Waals surface area contributed by atoms with Crippen molar-refractivity contribution in [3.05, 3.63) is 57.8 Å². The van der Waals surface area contributed by atoms with Crippen LogP contribution in [0.4, 0.5) is 5.69 Å². The molecule has 0 saturated heterocycles. The van der Waals surface area contributed by atoms with Crippen molar-refractivity contribution in [1.82, 2.24) is 4.98 Å². The van der Waals surface area contributed by atoms with Crippen LogP contribution in [0.5, 0.6) is 0 Å². The molecule has 0 aliphatic rings. The predicted octanol–water partition coefficient (Wildman–Crippen LogP) is 3.09. The fourth-order valence-corrected chi connectivity index (χ4v) is 1.80. The maximum atomic E-state index is 11.9. The van der Waals surface area contributed by atoms with Gasteiger partial charge in [-0.1, -0.05) is 6.07 Å². The van der Waals surface area contributed by atoms with Gasteiger partial charge in [-0.15, -0.1) is 0 Å². The van der Waals surface area contributed by atoms with Crippen LogP contribution in [-0.2, 0) is 11.3 Å². The maximum absolute atomic E-state index is 11.9. The number of benzene rings is 1. The van der Waals surface area contributed by atoms with Crippen LogP contribution >= 0.6 is 15.9 Å². The summed E-state index contributed by atoms with van der Waals surface area (Å²) in [5, 5.41) is 0. The standard InChI is InChI=1S/C14H13BrN2O2/c1-9-2-4-11(16)6-13(9)14(18)19-8-12-5-3-10(15)7-17-12/h2-7H,8,16H2,1H3. The van der Waals surface area contributed by atoms with Crippen LogP contribution in [0, 0.1) is 6.92 Å². The average molecular weight is 321 g/mol. The van der Waals surface area contributed by atoms with Crippen molar-refractivity contribution >= 4 is 27.6 Å². The molecule has 1 aromatic carbocycles. The van der Waals surface area contributed by atoms with Gasteiger partial charge >= 0.3 is 5.97 Å². The van der Waals surface area contributed by atoms with Crippen LogP contribution in [0.2, 0.25) is 0 Å². The van der Waals surface area contributed by atoms with E-state index < -0.39 is 5.97 Å². The maximum Gasteiger partial charge on any atom is 0.338 e. The van der Waals surface area contributed by atoms with Gasteiger partial charge in [-0.3, -0.25) is 4.98 Å². The van der Waals surface area contributed by atoms with Crippen LogP contribution < -0.4 is 5.73 Å². The monoisotopic (exact) mass is 320 g/mol. The van der Waals surface area contributed by atoms with E-state index in [9.17, 15) is 4.79 Å². The Balaban J connectivity index is 2.05. The molecule has 0 bridgehead atoms. The molecule has 0 atom stereocenters. The number of aryl methyl sites for hydroxylation is 1. The van der Waals surface area contributed by atoms with Crippen molar-refractivity contribution in [2.75, 3.05) is 5.73 Å². The number of nitrogens with zero attached hydrogens (tertiary/aromatic N) is 1. The first kappa shape index (κ1) is 13.5. The SMILES string of the molecule is Cc1ccc(N)cc1C(=O)OCc1ccc(Br)cn1. The highest BCUT2D eigenvalue weighted by molar-refractivity contribution is 9.10. The molecule has 0 spiro atoms. The number of ether oxygens (including phenoxy) is 1. The number of anilines is 1. The molecule has 2 rings (SSSR count). The number of rotatable bonds is 3. The molecule has 2 N–H and O–H groups in total. The van der Waals surface area contributed by atoms with Gasteiger partial charge < -0.3 is 10.5 Å². The number of carbonyl (C=O) groups is 1. The number of nitrogens with two attached hydrogens (primary N) is 1. The van der Waals surface area contributed by atoms with Gasteiger partial charge in [-0.2, -0.15) is 0 Å². The van der Waals surface area contributed by atoms with E-state index in [0.29, 0.717) is 16.9 Å². The molecule has 2 aromatic rings. The molecule has 0 aliphatic heterocycles. The third kappa shape index (κ3) is 3.54. The lowest BCUT2D eigenvalue weighted by Crippen LogP contribution is -2.08. The van der Waals surface area contributed by atoms with E-state index in [-0.39, 0.29) is 6.61 Å². The van der Waals surface area contributed by atoms with E-state index in [1.807, 2.05) is 13.0 Å². The van der Waals surface area contributed by atoms with Gasteiger partial charge in [0.1, 0.15) is 6.61 Å². The van der Waals surface area contributed by atoms with Gasteiger partial charge in [0.25, 0.3) is 0 Å². The number of esters is 1. The molecule has 0 saturated carbocycles. The summed E-state index contributed by atoms with van der Waals surface area (Å²) in [6.07, 6.45) is 1.66. The molecule has 4 nitrogen and oxygen atoms in total. The molecule has 0 unspecified atom stereocenters. The first-order valence-electron chi connectivity index (χ1n) is 5.70. The summed E-state index contributed by atoms with van der Waals surface area (Å²) in [6.45, 7) is 1.98. The molecule has 1 aromatic heterocycles. The summed E-state index contributed by atoms with van der Waals surface area (Å²) in [7, 11) is 0. The van der Waals surface area contributed by atoms with E-state index in [2.05, 4.69) is 20.9 Å². The van der Waals surface area contributed by atoms with Crippen LogP contribution in [0.15, 0.2) is 41.0 Å². The number of halogens is 1. The summed E-state index contributed by atoms with van der Waals surface area (Å²) in [5.41, 5.74) is 8.22. The van der Waals surface area contributed by atoms with Crippen molar-refractivity contribution in [3.63, 3.8) is 0 Å². The molecule has 0 aliphatic carbocycles. The Morgan fingerprint density at radius 3 is 2.84 bits per heavy atom. The van der Waals surface area contributed by atoms with Gasteiger partial charge in [0.15, 0.2) is 0 Å². The van der Waals surface area contributed by atoms with Gasteiger partial charge in [0, 0.05) is 16.4 Å². The number of aromatic nitrogens is 1. The fourth-order valence-electron chi connectivity index (χ4n) is 1.57. The van der Waals surface area contributed by atoms with Crippen molar-refractivity contribution in [2.24, 2.45) is 0 Å². The zero-order valence-corrected chi connectivity index (χ0v) is 12.0. The summed E-state index contributed by atoms with van der Waals surface area (Å²) in [4.78, 5) is 16.1. The first-order chi connectivity index (χ1) is 9.06. The molecular formula is C14H13BrN2O2. The summed E-state index contributed by atoms with van der Waals surface area (Å²) >= 11 is 3.30. The number of carbonyl (C=O) groups excluding carboxylic acids is 1. The molecule has 0 radical (unpaired) electrons. The van der Waals surface area contributed by atoms with Crippen molar-refractivity contribution < 1.29 is 9.53 Å². The predicted molar refractivity (Wildman–Crippen MR) is 76.6 cm³/mol. The van der Waals surface area contributed by atoms with E-state index in [4.69, 9.17) is 10.5 Å². The van der Waals surface area contributed by atoms with Crippen molar-refractivity contribution in [1.29, 1.82) is 0 Å². The number of pyridine rings is 1. The Hall–Kier alpha value is -1.88. The lowest BCUT2D eigenvalue weighted by Gasteiger charge is -2.07. The molecule has 98 valence electrons. The molecule has 19 heavy (non-hydrogen) atoms. The fraction of sp³-hybridized carbons (Fsp3) is 0.143. The Labute approximate surface area is 119 Å². The minimum absolute atomic E-state index is 0.139. The molecule has 0 amide bonds. The van der Waals surface area contributed by atoms with Gasteiger partial charge in [-0.25, -0.2) is 4.79 Å². The second-order valence-electron chi connectivity index (χ2n) is 4.12. The average Bonchev–Trinajstić information content (AvgIpc) is 2.40. The lowest BCUT2D eigenvalue weighted by molar-refractivity contribution is 0.0467. The van der Waals surface area contributed by atoms with Gasteiger partial charge in [0.2, 0.25) is 0 Å². The van der Waals surface area contributed by atoms with E-state index in [1.54, 1.807) is 30.5 Å². The first-order valence-corrected chi connectivity index (χ1v) is 6.49. The summed E-state index contributed by atoms with van der Waals surface area (Å²) in [6, 6.07) is 8.81. The smallest absolute Gasteiger partial charge is 0.338 e. The summed E-state index contributed by atoms with van der Waals surface area (Å²) in [5.74, 6) is -0.394. The topological polar surface area (TPSA) is 65.2 Å². The number of nitrogen functional groups attached to an aromatic ring is 1. The second kappa shape index (κ2) is 5.84. The zero-order valence-electron chi connectivity index (χ0n) is 10.4. The molecule has 5 heteroatoms. The van der Waals surface area contributed by atoms with Crippen LogP contribution in [0.3, 0.4) is 0 Å². The Kier molecular flexibility index (Phi) is 4.16. The highest BCUT2D eigenvalue weighted by Gasteiger charge is 2.11. The van der Waals surface area contributed by atoms with E-state index >= 15 is 0 Å². The van der Waals surface area contributed by atoms with Crippen LogP contribution in [0.1, 0.15) is 21.6 Å². The van der Waals surface area contributed by atoms with Gasteiger partial charge in [-0.05, 0) is 52.7 Å². The summed E-state index contributed by atoms with van der Waals surface area (Å²) < 4.78 is 6.10. The highest BCUT2D eigenvalue weighted by Crippen LogP contribution is 2.15. The minimum atomic E-state index is -0.394. The molecule has 1 heterocycles. The Morgan fingerprint density at radius 1 is 1.37 bits per heavy atom. The molecule has 0 fully saturated rings. The van der Waals surface area contributed by atoms with E-state index in [0.717, 1.165) is 10.0 Å². The van der Waals surface area contributed by atoms with Gasteiger partial charge in [0.05, 0.1) is 11.3 Å². The Morgan fingerprint density at radius 2 is 2.16 bits per heavy atom. The molecular weight excluding hydrogens is 308 g/mol. The third-order valence-corrected chi connectivity index (χ3v) is 3.09. The van der Waals surface area contributed by atoms with Crippen LogP contribution in [-0.4, -0.2) is 11.0 Å². The van der Waals surface area contributed by atoms with Crippen LogP contribution in [0.25, 0.3) is 0 Å². The van der Waals surface area contributed by atoms with Crippen molar-refractivity contribution in [3.8, 4) is 0 Å².